The molecule has 3 rings (SSSR count). The van der Waals surface area contributed by atoms with Crippen molar-refractivity contribution in [3.63, 3.8) is 0 Å². The van der Waals surface area contributed by atoms with Crippen LogP contribution in [-0.2, 0) is 0 Å². The molecule has 0 saturated heterocycles. The zero-order valence-electron chi connectivity index (χ0n) is 17.2. The SMILES string of the molecule is CC(C)C=N.Cc1ccc(NNC(c2ccccc2)c2ccc(C)cc2)cc1. The van der Waals surface area contributed by atoms with Gasteiger partial charge in [-0.1, -0.05) is 91.7 Å². The van der Waals surface area contributed by atoms with E-state index in [0.717, 1.165) is 5.69 Å². The molecular formula is C25H31N3. The average Bonchev–Trinajstić information content (AvgIpc) is 2.72. The smallest absolute Gasteiger partial charge is 0.0760 e. The van der Waals surface area contributed by atoms with Crippen molar-refractivity contribution >= 4 is 11.9 Å². The number of aryl methyl sites for hydroxylation is 2. The van der Waals surface area contributed by atoms with Crippen LogP contribution in [0.3, 0.4) is 0 Å². The summed E-state index contributed by atoms with van der Waals surface area (Å²) in [6.07, 6.45) is 1.42. The molecule has 0 aromatic heterocycles. The van der Waals surface area contributed by atoms with Gasteiger partial charge in [-0.05, 0) is 49.2 Å². The second-order valence-corrected chi connectivity index (χ2v) is 7.30. The largest absolute Gasteiger partial charge is 0.321 e. The molecule has 0 aliphatic rings. The molecule has 0 bridgehead atoms. The third kappa shape index (κ3) is 7.01. The van der Waals surface area contributed by atoms with Crippen LogP contribution in [0.15, 0.2) is 78.9 Å². The maximum Gasteiger partial charge on any atom is 0.0760 e. The first-order chi connectivity index (χ1) is 13.5. The van der Waals surface area contributed by atoms with Crippen LogP contribution in [0.1, 0.15) is 42.1 Å². The van der Waals surface area contributed by atoms with E-state index in [0.29, 0.717) is 5.92 Å². The molecular weight excluding hydrogens is 342 g/mol. The summed E-state index contributed by atoms with van der Waals surface area (Å²) in [5.41, 5.74) is 12.8. The Balaban J connectivity index is 0.000000500. The van der Waals surface area contributed by atoms with Gasteiger partial charge in [0.15, 0.2) is 0 Å². The van der Waals surface area contributed by atoms with Crippen molar-refractivity contribution in [1.29, 1.82) is 5.41 Å². The molecule has 3 nitrogen and oxygen atoms in total. The highest BCUT2D eigenvalue weighted by molar-refractivity contribution is 5.55. The van der Waals surface area contributed by atoms with Crippen molar-refractivity contribution in [2.45, 2.75) is 33.7 Å². The minimum absolute atomic E-state index is 0.0955. The first kappa shape index (κ1) is 21.4. The second kappa shape index (κ2) is 11.1. The van der Waals surface area contributed by atoms with Gasteiger partial charge in [-0.2, -0.15) is 0 Å². The number of hydrogen-bond acceptors (Lipinski definition) is 3. The Morgan fingerprint density at radius 2 is 1.18 bits per heavy atom. The lowest BCUT2D eigenvalue weighted by Gasteiger charge is -2.21. The van der Waals surface area contributed by atoms with E-state index >= 15 is 0 Å². The number of benzene rings is 3. The van der Waals surface area contributed by atoms with Crippen LogP contribution in [0.4, 0.5) is 5.69 Å². The standard InChI is InChI=1S/C21H22N2.C4H9N/c1-16-8-12-19(13-9-16)21(18-6-4-3-5-7-18)23-22-20-14-10-17(2)11-15-20;1-4(2)3-5/h3-15,21-23H,1-2H3;3-5H,1-2H3. The summed E-state index contributed by atoms with van der Waals surface area (Å²) in [5, 5.41) is 6.53. The van der Waals surface area contributed by atoms with Crippen LogP contribution in [0.25, 0.3) is 0 Å². The van der Waals surface area contributed by atoms with Gasteiger partial charge < -0.3 is 10.8 Å². The van der Waals surface area contributed by atoms with Gasteiger partial charge in [0.25, 0.3) is 0 Å². The fourth-order valence-electron chi connectivity index (χ4n) is 2.56. The van der Waals surface area contributed by atoms with Gasteiger partial charge in [0.05, 0.1) is 6.04 Å². The van der Waals surface area contributed by atoms with Crippen molar-refractivity contribution < 1.29 is 0 Å². The third-order valence-corrected chi connectivity index (χ3v) is 4.29. The maximum atomic E-state index is 6.53. The molecule has 3 aromatic rings. The predicted molar refractivity (Wildman–Crippen MR) is 121 cm³/mol. The van der Waals surface area contributed by atoms with Crippen LogP contribution in [0, 0.1) is 25.2 Å². The van der Waals surface area contributed by atoms with Crippen LogP contribution in [0.2, 0.25) is 0 Å². The minimum Gasteiger partial charge on any atom is -0.321 e. The molecule has 0 spiro atoms. The van der Waals surface area contributed by atoms with Crippen molar-refractivity contribution in [2.24, 2.45) is 5.92 Å². The Labute approximate surface area is 169 Å². The van der Waals surface area contributed by atoms with Gasteiger partial charge in [-0.15, -0.1) is 0 Å². The maximum absolute atomic E-state index is 6.53. The molecule has 0 saturated carbocycles. The summed E-state index contributed by atoms with van der Waals surface area (Å²) in [5.74, 6) is 0.426. The number of hydrogen-bond donors (Lipinski definition) is 3. The Bertz CT molecular complexity index is 822. The van der Waals surface area contributed by atoms with Crippen molar-refractivity contribution in [1.82, 2.24) is 5.43 Å². The molecule has 3 aromatic carbocycles. The first-order valence-electron chi connectivity index (χ1n) is 9.70. The fraction of sp³-hybridized carbons (Fsp3) is 0.240. The average molecular weight is 374 g/mol. The first-order valence-corrected chi connectivity index (χ1v) is 9.70. The van der Waals surface area contributed by atoms with E-state index in [1.165, 1.54) is 28.5 Å². The zero-order chi connectivity index (χ0) is 20.4. The quantitative estimate of drug-likeness (QED) is 0.351. The van der Waals surface area contributed by atoms with Gasteiger partial charge in [0.2, 0.25) is 0 Å². The molecule has 0 aliphatic carbocycles. The van der Waals surface area contributed by atoms with Crippen LogP contribution in [0.5, 0.6) is 0 Å². The highest BCUT2D eigenvalue weighted by atomic mass is 15.4. The van der Waals surface area contributed by atoms with Crippen molar-refractivity contribution in [3.8, 4) is 0 Å². The Kier molecular flexibility index (Phi) is 8.44. The van der Waals surface area contributed by atoms with Crippen molar-refractivity contribution in [3.05, 3.63) is 101 Å². The van der Waals surface area contributed by atoms with E-state index in [1.54, 1.807) is 0 Å². The zero-order valence-corrected chi connectivity index (χ0v) is 17.2. The molecule has 3 N–H and O–H groups in total. The molecule has 1 atom stereocenters. The van der Waals surface area contributed by atoms with Gasteiger partial charge in [-0.3, -0.25) is 0 Å². The molecule has 3 heteroatoms. The second-order valence-electron chi connectivity index (χ2n) is 7.30. The Morgan fingerprint density at radius 3 is 1.68 bits per heavy atom. The summed E-state index contributed by atoms with van der Waals surface area (Å²) in [7, 11) is 0. The molecule has 0 fully saturated rings. The van der Waals surface area contributed by atoms with Gasteiger partial charge in [0, 0.05) is 5.69 Å². The highest BCUT2D eigenvalue weighted by Crippen LogP contribution is 2.22. The monoisotopic (exact) mass is 373 g/mol. The van der Waals surface area contributed by atoms with E-state index in [2.05, 4.69) is 97.5 Å². The molecule has 0 aliphatic heterocycles. The highest BCUT2D eigenvalue weighted by Gasteiger charge is 2.13. The predicted octanol–water partition coefficient (Wildman–Crippen LogP) is 6.30. The van der Waals surface area contributed by atoms with E-state index in [9.17, 15) is 0 Å². The lowest BCUT2D eigenvalue weighted by Crippen LogP contribution is -2.28. The fourth-order valence-corrected chi connectivity index (χ4v) is 2.56. The summed E-state index contributed by atoms with van der Waals surface area (Å²) in [6.45, 7) is 8.16. The van der Waals surface area contributed by atoms with Gasteiger partial charge in [-0.25, -0.2) is 5.43 Å². The lowest BCUT2D eigenvalue weighted by atomic mass is 9.98. The molecule has 0 amide bonds. The third-order valence-electron chi connectivity index (χ3n) is 4.29. The lowest BCUT2D eigenvalue weighted by molar-refractivity contribution is 0.682. The van der Waals surface area contributed by atoms with Gasteiger partial charge in [0.1, 0.15) is 0 Å². The summed E-state index contributed by atoms with van der Waals surface area (Å²) in [4.78, 5) is 0. The number of hydrazine groups is 1. The number of nitrogens with one attached hydrogen (secondary N) is 3. The normalized spacial score (nSPS) is 11.3. The number of anilines is 1. The Hall–Kier alpha value is -2.91. The van der Waals surface area contributed by atoms with Crippen LogP contribution < -0.4 is 10.9 Å². The van der Waals surface area contributed by atoms with E-state index < -0.39 is 0 Å². The Morgan fingerprint density at radius 1 is 0.714 bits per heavy atom. The minimum atomic E-state index is 0.0955. The van der Waals surface area contributed by atoms with E-state index in [1.807, 2.05) is 19.9 Å². The van der Waals surface area contributed by atoms with Crippen LogP contribution in [-0.4, -0.2) is 6.21 Å². The number of rotatable bonds is 6. The molecule has 146 valence electrons. The molecule has 0 radical (unpaired) electrons. The van der Waals surface area contributed by atoms with Crippen LogP contribution >= 0.6 is 0 Å². The van der Waals surface area contributed by atoms with Crippen molar-refractivity contribution in [2.75, 3.05) is 5.43 Å². The molecule has 28 heavy (non-hydrogen) atoms. The van der Waals surface area contributed by atoms with E-state index in [4.69, 9.17) is 5.41 Å². The molecule has 1 unspecified atom stereocenters. The van der Waals surface area contributed by atoms with E-state index in [-0.39, 0.29) is 6.04 Å². The topological polar surface area (TPSA) is 47.9 Å². The summed E-state index contributed by atoms with van der Waals surface area (Å²) in [6, 6.07) is 27.6. The molecule has 0 heterocycles. The summed E-state index contributed by atoms with van der Waals surface area (Å²) < 4.78 is 0. The summed E-state index contributed by atoms with van der Waals surface area (Å²) >= 11 is 0. The van der Waals surface area contributed by atoms with Gasteiger partial charge >= 0.3 is 0 Å².